The molecular weight excluding hydrogens is 290 g/mol. The van der Waals surface area contributed by atoms with Gasteiger partial charge in [-0.1, -0.05) is 11.6 Å². The predicted octanol–water partition coefficient (Wildman–Crippen LogP) is 0.734. The summed E-state index contributed by atoms with van der Waals surface area (Å²) in [6, 6.07) is 3.51. The summed E-state index contributed by atoms with van der Waals surface area (Å²) in [7, 11) is -3.12. The van der Waals surface area contributed by atoms with Crippen LogP contribution in [0.5, 0.6) is 0 Å². The van der Waals surface area contributed by atoms with E-state index >= 15 is 0 Å². The molecule has 0 aromatic carbocycles. The van der Waals surface area contributed by atoms with Gasteiger partial charge in [0, 0.05) is 19.3 Å². The lowest BCUT2D eigenvalue weighted by Crippen LogP contribution is -2.24. The molecule has 0 fully saturated rings. The summed E-state index contributed by atoms with van der Waals surface area (Å²) >= 11 is 5.84. The minimum Gasteiger partial charge on any atom is -0.353 e. The van der Waals surface area contributed by atoms with Gasteiger partial charge in [0.2, 0.25) is 16.0 Å². The second-order valence-corrected chi connectivity index (χ2v) is 6.30. The van der Waals surface area contributed by atoms with Crippen LogP contribution in [0, 0.1) is 0 Å². The Morgan fingerprint density at radius 1 is 1.37 bits per heavy atom. The van der Waals surface area contributed by atoms with E-state index in [0.29, 0.717) is 36.1 Å². The molecule has 19 heavy (non-hydrogen) atoms. The van der Waals surface area contributed by atoms with Gasteiger partial charge in [-0.25, -0.2) is 17.7 Å². The van der Waals surface area contributed by atoms with Gasteiger partial charge in [0.15, 0.2) is 5.65 Å². The van der Waals surface area contributed by atoms with Gasteiger partial charge in [-0.15, -0.1) is 5.10 Å². The van der Waals surface area contributed by atoms with Crippen LogP contribution in [0.15, 0.2) is 18.3 Å². The minimum atomic E-state index is -3.12. The zero-order chi connectivity index (χ0) is 13.9. The SMILES string of the molecule is CS(=O)(=O)NCCCNc1nc2ccc(Cl)cn2n1. The number of fused-ring (bicyclic) bond motifs is 1. The van der Waals surface area contributed by atoms with Crippen molar-refractivity contribution in [3.05, 3.63) is 23.4 Å². The fourth-order valence-corrected chi connectivity index (χ4v) is 2.15. The lowest BCUT2D eigenvalue weighted by molar-refractivity contribution is 0.586. The Labute approximate surface area is 116 Å². The van der Waals surface area contributed by atoms with Gasteiger partial charge in [0.05, 0.1) is 11.3 Å². The Hall–Kier alpha value is -1.38. The maximum Gasteiger partial charge on any atom is 0.243 e. The Bertz CT molecular complexity index is 670. The molecule has 0 aliphatic heterocycles. The highest BCUT2D eigenvalue weighted by atomic mass is 35.5. The average Bonchev–Trinajstić information content (AvgIpc) is 2.68. The van der Waals surface area contributed by atoms with Crippen molar-refractivity contribution in [3.63, 3.8) is 0 Å². The summed E-state index contributed by atoms with van der Waals surface area (Å²) in [4.78, 5) is 4.24. The van der Waals surface area contributed by atoms with Crippen LogP contribution >= 0.6 is 11.6 Å². The van der Waals surface area contributed by atoms with Crippen LogP contribution in [0.1, 0.15) is 6.42 Å². The van der Waals surface area contributed by atoms with E-state index in [2.05, 4.69) is 20.1 Å². The van der Waals surface area contributed by atoms with Crippen molar-refractivity contribution in [2.24, 2.45) is 0 Å². The minimum absolute atomic E-state index is 0.380. The van der Waals surface area contributed by atoms with Crippen molar-refractivity contribution in [2.75, 3.05) is 24.7 Å². The molecule has 0 aliphatic rings. The standard InChI is InChI=1S/C10H14ClN5O2S/c1-19(17,18)13-6-2-5-12-10-14-9-4-3-8(11)7-16(9)15-10/h3-4,7,13H,2,5-6H2,1H3,(H,12,15). The molecule has 0 saturated carbocycles. The smallest absolute Gasteiger partial charge is 0.243 e. The van der Waals surface area contributed by atoms with Gasteiger partial charge >= 0.3 is 0 Å². The number of halogens is 1. The molecule has 0 spiro atoms. The molecule has 104 valence electrons. The van der Waals surface area contributed by atoms with E-state index in [9.17, 15) is 8.42 Å². The Balaban J connectivity index is 1.85. The molecule has 0 saturated heterocycles. The fourth-order valence-electron chi connectivity index (χ4n) is 1.48. The van der Waals surface area contributed by atoms with E-state index in [1.165, 1.54) is 0 Å². The maximum atomic E-state index is 10.8. The topological polar surface area (TPSA) is 88.4 Å². The van der Waals surface area contributed by atoms with E-state index in [1.54, 1.807) is 22.8 Å². The van der Waals surface area contributed by atoms with Crippen molar-refractivity contribution in [1.29, 1.82) is 0 Å². The molecule has 7 nitrogen and oxygen atoms in total. The van der Waals surface area contributed by atoms with Crippen LogP contribution in [0.3, 0.4) is 0 Å². The molecule has 2 rings (SSSR count). The van der Waals surface area contributed by atoms with E-state index in [0.717, 1.165) is 6.26 Å². The molecule has 2 heterocycles. The normalized spacial score (nSPS) is 11.9. The van der Waals surface area contributed by atoms with Crippen molar-refractivity contribution in [1.82, 2.24) is 19.3 Å². The van der Waals surface area contributed by atoms with Crippen LogP contribution < -0.4 is 10.0 Å². The number of rotatable bonds is 6. The third-order valence-corrected chi connectivity index (χ3v) is 3.25. The van der Waals surface area contributed by atoms with Gasteiger partial charge in [-0.05, 0) is 18.6 Å². The largest absolute Gasteiger partial charge is 0.353 e. The number of hydrogen-bond donors (Lipinski definition) is 2. The van der Waals surface area contributed by atoms with Crippen LogP contribution in [0.2, 0.25) is 5.02 Å². The number of pyridine rings is 1. The predicted molar refractivity (Wildman–Crippen MR) is 74.0 cm³/mol. The highest BCUT2D eigenvalue weighted by Crippen LogP contribution is 2.11. The number of nitrogens with one attached hydrogen (secondary N) is 2. The second kappa shape index (κ2) is 5.72. The van der Waals surface area contributed by atoms with Crippen molar-refractivity contribution in [2.45, 2.75) is 6.42 Å². The Morgan fingerprint density at radius 3 is 2.89 bits per heavy atom. The fraction of sp³-hybridized carbons (Fsp3) is 0.400. The molecular formula is C10H14ClN5O2S. The zero-order valence-electron chi connectivity index (χ0n) is 10.3. The lowest BCUT2D eigenvalue weighted by atomic mass is 10.4. The number of anilines is 1. The molecule has 2 aromatic rings. The summed E-state index contributed by atoms with van der Waals surface area (Å²) in [5.74, 6) is 0.488. The van der Waals surface area contributed by atoms with Crippen molar-refractivity contribution < 1.29 is 8.42 Å². The number of hydrogen-bond acceptors (Lipinski definition) is 5. The van der Waals surface area contributed by atoms with Gasteiger partial charge in [-0.2, -0.15) is 4.98 Å². The highest BCUT2D eigenvalue weighted by molar-refractivity contribution is 7.88. The molecule has 0 amide bonds. The third kappa shape index (κ3) is 4.34. The van der Waals surface area contributed by atoms with Crippen LogP contribution in [0.4, 0.5) is 5.95 Å². The lowest BCUT2D eigenvalue weighted by Gasteiger charge is -2.02. The van der Waals surface area contributed by atoms with E-state index in [1.807, 2.05) is 0 Å². The first-order valence-electron chi connectivity index (χ1n) is 5.64. The summed E-state index contributed by atoms with van der Waals surface area (Å²) in [6.45, 7) is 0.957. The second-order valence-electron chi connectivity index (χ2n) is 4.03. The molecule has 9 heteroatoms. The van der Waals surface area contributed by atoms with Crippen molar-refractivity contribution in [3.8, 4) is 0 Å². The van der Waals surface area contributed by atoms with Gasteiger partial charge in [-0.3, -0.25) is 0 Å². The first kappa shape index (κ1) is 14.0. The first-order chi connectivity index (χ1) is 8.94. The quantitative estimate of drug-likeness (QED) is 0.768. The molecule has 0 radical (unpaired) electrons. The van der Waals surface area contributed by atoms with Gasteiger partial charge in [0.25, 0.3) is 0 Å². The molecule has 0 bridgehead atoms. The maximum absolute atomic E-state index is 10.8. The monoisotopic (exact) mass is 303 g/mol. The molecule has 2 aromatic heterocycles. The van der Waals surface area contributed by atoms with E-state index in [-0.39, 0.29) is 0 Å². The zero-order valence-corrected chi connectivity index (χ0v) is 11.9. The Kier molecular flexibility index (Phi) is 4.23. The number of aromatic nitrogens is 3. The molecule has 2 N–H and O–H groups in total. The third-order valence-electron chi connectivity index (χ3n) is 2.30. The Morgan fingerprint density at radius 2 is 2.16 bits per heavy atom. The van der Waals surface area contributed by atoms with E-state index in [4.69, 9.17) is 11.6 Å². The highest BCUT2D eigenvalue weighted by Gasteiger charge is 2.03. The average molecular weight is 304 g/mol. The van der Waals surface area contributed by atoms with Gasteiger partial charge < -0.3 is 5.32 Å². The summed E-state index contributed by atoms with van der Waals surface area (Å²) in [5.41, 5.74) is 0.696. The molecule has 0 unspecified atom stereocenters. The van der Waals surface area contributed by atoms with Crippen LogP contribution in [0.25, 0.3) is 5.65 Å². The summed E-state index contributed by atoms with van der Waals surface area (Å²) in [6.07, 6.45) is 3.44. The first-order valence-corrected chi connectivity index (χ1v) is 7.91. The number of nitrogens with zero attached hydrogens (tertiary/aromatic N) is 3. The van der Waals surface area contributed by atoms with Gasteiger partial charge in [0.1, 0.15) is 0 Å². The number of sulfonamides is 1. The summed E-state index contributed by atoms with van der Waals surface area (Å²) < 4.78 is 25.7. The summed E-state index contributed by atoms with van der Waals surface area (Å²) in [5, 5.41) is 7.79. The van der Waals surface area contributed by atoms with Crippen LogP contribution in [-0.4, -0.2) is 42.4 Å². The molecule has 0 atom stereocenters. The van der Waals surface area contributed by atoms with Crippen molar-refractivity contribution >= 4 is 33.2 Å². The van der Waals surface area contributed by atoms with E-state index < -0.39 is 10.0 Å². The van der Waals surface area contributed by atoms with Crippen LogP contribution in [-0.2, 0) is 10.0 Å². The molecule has 0 aliphatic carbocycles.